The number of aromatic nitrogens is 2. The van der Waals surface area contributed by atoms with Crippen molar-refractivity contribution in [3.8, 4) is 17.5 Å². The number of carbonyl (C=O) groups is 1. The average Bonchev–Trinajstić information content (AvgIpc) is 3.03. The number of hydrogen-bond donors (Lipinski definition) is 0. The first-order valence-electron chi connectivity index (χ1n) is 8.64. The second-order valence-corrected chi connectivity index (χ2v) is 6.51. The van der Waals surface area contributed by atoms with Crippen LogP contribution in [0.2, 0.25) is 0 Å². The number of hydrogen-bond acceptors (Lipinski definition) is 5. The lowest BCUT2D eigenvalue weighted by molar-refractivity contribution is -0.140. The predicted molar refractivity (Wildman–Crippen MR) is 87.3 cm³/mol. The Balaban J connectivity index is 1.31. The Morgan fingerprint density at radius 2 is 1.83 bits per heavy atom. The van der Waals surface area contributed by atoms with E-state index in [2.05, 4.69) is 10.2 Å². The highest BCUT2D eigenvalue weighted by atomic mass is 16.6. The highest BCUT2D eigenvalue weighted by molar-refractivity contribution is 5.79. The van der Waals surface area contributed by atoms with Gasteiger partial charge in [0.25, 0.3) is 5.89 Å². The van der Waals surface area contributed by atoms with E-state index in [1.165, 1.54) is 6.42 Å². The molecular formula is C18H21N3O3. The molecule has 0 radical (unpaired) electrons. The number of rotatable bonds is 4. The topological polar surface area (TPSA) is 68.5 Å². The minimum atomic E-state index is 0.0273. The zero-order valence-electron chi connectivity index (χ0n) is 13.6. The van der Waals surface area contributed by atoms with Gasteiger partial charge in [0.2, 0.25) is 5.91 Å². The molecule has 24 heavy (non-hydrogen) atoms. The molecule has 2 heterocycles. The van der Waals surface area contributed by atoms with Gasteiger partial charge in [0.1, 0.15) is 6.10 Å². The second-order valence-electron chi connectivity index (χ2n) is 6.51. The van der Waals surface area contributed by atoms with Crippen molar-refractivity contribution in [2.75, 3.05) is 13.1 Å². The first-order valence-corrected chi connectivity index (χ1v) is 8.64. The van der Waals surface area contributed by atoms with Gasteiger partial charge in [-0.05, 0) is 25.0 Å². The van der Waals surface area contributed by atoms with Crippen molar-refractivity contribution in [2.45, 2.75) is 38.2 Å². The van der Waals surface area contributed by atoms with Crippen molar-refractivity contribution in [3.63, 3.8) is 0 Å². The molecule has 1 aliphatic heterocycles. The van der Waals surface area contributed by atoms with E-state index in [0.717, 1.165) is 44.3 Å². The van der Waals surface area contributed by atoms with E-state index in [0.29, 0.717) is 11.8 Å². The van der Waals surface area contributed by atoms with Crippen molar-refractivity contribution in [1.82, 2.24) is 15.1 Å². The zero-order valence-corrected chi connectivity index (χ0v) is 13.6. The Labute approximate surface area is 140 Å². The molecule has 1 saturated carbocycles. The molecule has 2 aromatic rings. The van der Waals surface area contributed by atoms with E-state index >= 15 is 0 Å². The SMILES string of the molecule is O=C(C1CCC1)N1CCC(Oc2nnc(-c3ccccc3)o2)CC1. The lowest BCUT2D eigenvalue weighted by Crippen LogP contribution is -2.45. The third-order valence-electron chi connectivity index (χ3n) is 4.90. The predicted octanol–water partition coefficient (Wildman–Crippen LogP) is 2.91. The Hall–Kier alpha value is -2.37. The van der Waals surface area contributed by atoms with Crippen molar-refractivity contribution in [2.24, 2.45) is 5.92 Å². The Kier molecular flexibility index (Phi) is 4.19. The summed E-state index contributed by atoms with van der Waals surface area (Å²) in [5.41, 5.74) is 0.876. The monoisotopic (exact) mass is 327 g/mol. The highest BCUT2D eigenvalue weighted by Crippen LogP contribution is 2.30. The summed E-state index contributed by atoms with van der Waals surface area (Å²) in [5, 5.41) is 8.00. The summed E-state index contributed by atoms with van der Waals surface area (Å²) in [6.45, 7) is 1.50. The molecule has 0 unspecified atom stereocenters. The standard InChI is InChI=1S/C18H21N3O3/c22-17(14-7-4-8-14)21-11-9-15(10-12-21)23-18-20-19-16(24-18)13-5-2-1-3-6-13/h1-3,5-6,14-15H,4,7-12H2. The number of piperidine rings is 1. The minimum Gasteiger partial charge on any atom is -0.446 e. The lowest BCUT2D eigenvalue weighted by Gasteiger charge is -2.36. The van der Waals surface area contributed by atoms with Crippen molar-refractivity contribution in [1.29, 1.82) is 0 Å². The molecule has 2 fully saturated rings. The Morgan fingerprint density at radius 1 is 1.08 bits per heavy atom. The summed E-state index contributed by atoms with van der Waals surface area (Å²) >= 11 is 0. The van der Waals surface area contributed by atoms with Gasteiger partial charge in [-0.1, -0.05) is 29.7 Å². The van der Waals surface area contributed by atoms with Crippen LogP contribution >= 0.6 is 0 Å². The molecule has 1 saturated heterocycles. The molecule has 0 spiro atoms. The van der Waals surface area contributed by atoms with Gasteiger partial charge < -0.3 is 14.1 Å². The van der Waals surface area contributed by atoms with E-state index in [9.17, 15) is 4.79 Å². The maximum Gasteiger partial charge on any atom is 0.415 e. The molecule has 126 valence electrons. The van der Waals surface area contributed by atoms with E-state index in [4.69, 9.17) is 9.15 Å². The van der Waals surface area contributed by atoms with Gasteiger partial charge in [0.15, 0.2) is 0 Å². The van der Waals surface area contributed by atoms with E-state index in [-0.39, 0.29) is 18.1 Å². The van der Waals surface area contributed by atoms with E-state index in [1.54, 1.807) is 0 Å². The molecule has 2 aliphatic rings. The molecule has 0 N–H and O–H groups in total. The normalized spacial score (nSPS) is 19.1. The van der Waals surface area contributed by atoms with Crippen LogP contribution in [0, 0.1) is 5.92 Å². The van der Waals surface area contributed by atoms with Crippen LogP contribution in [0.3, 0.4) is 0 Å². The van der Waals surface area contributed by atoms with Crippen LogP contribution < -0.4 is 4.74 Å². The minimum absolute atomic E-state index is 0.0273. The Bertz CT molecular complexity index is 689. The van der Waals surface area contributed by atoms with Crippen LogP contribution in [0.4, 0.5) is 0 Å². The maximum absolute atomic E-state index is 12.2. The van der Waals surface area contributed by atoms with Crippen LogP contribution in [0.5, 0.6) is 6.08 Å². The van der Waals surface area contributed by atoms with E-state index in [1.807, 2.05) is 35.2 Å². The fraction of sp³-hybridized carbons (Fsp3) is 0.500. The first kappa shape index (κ1) is 15.2. The van der Waals surface area contributed by atoms with Crippen LogP contribution in [0.1, 0.15) is 32.1 Å². The first-order chi connectivity index (χ1) is 11.8. The van der Waals surface area contributed by atoms with Gasteiger partial charge in [-0.2, -0.15) is 0 Å². The maximum atomic E-state index is 12.2. The number of likely N-dealkylation sites (tertiary alicyclic amines) is 1. The molecule has 4 rings (SSSR count). The summed E-state index contributed by atoms with van der Waals surface area (Å²) in [4.78, 5) is 14.2. The lowest BCUT2D eigenvalue weighted by atomic mass is 9.84. The van der Waals surface area contributed by atoms with Gasteiger partial charge in [-0.25, -0.2) is 0 Å². The number of ether oxygens (including phenoxy) is 1. The fourth-order valence-corrected chi connectivity index (χ4v) is 3.20. The van der Waals surface area contributed by atoms with Crippen LogP contribution in [-0.4, -0.2) is 40.2 Å². The zero-order chi connectivity index (χ0) is 16.4. The largest absolute Gasteiger partial charge is 0.446 e. The van der Waals surface area contributed by atoms with Crippen molar-refractivity contribution < 1.29 is 13.9 Å². The molecule has 0 atom stereocenters. The average molecular weight is 327 g/mol. The number of benzene rings is 1. The summed E-state index contributed by atoms with van der Waals surface area (Å²) in [7, 11) is 0. The van der Waals surface area contributed by atoms with Gasteiger partial charge in [0, 0.05) is 37.4 Å². The summed E-state index contributed by atoms with van der Waals surface area (Å²) in [6, 6.07) is 9.63. The van der Waals surface area contributed by atoms with Gasteiger partial charge in [-0.15, -0.1) is 5.10 Å². The quantitative estimate of drug-likeness (QED) is 0.863. The highest BCUT2D eigenvalue weighted by Gasteiger charge is 2.32. The number of amides is 1. The molecule has 6 nitrogen and oxygen atoms in total. The molecular weight excluding hydrogens is 306 g/mol. The van der Waals surface area contributed by atoms with Crippen LogP contribution in [0.25, 0.3) is 11.5 Å². The number of nitrogens with zero attached hydrogens (tertiary/aromatic N) is 3. The molecule has 1 aromatic heterocycles. The van der Waals surface area contributed by atoms with Crippen LogP contribution in [0.15, 0.2) is 34.7 Å². The van der Waals surface area contributed by atoms with Gasteiger partial charge in [0.05, 0.1) is 0 Å². The third-order valence-corrected chi connectivity index (χ3v) is 4.90. The second kappa shape index (κ2) is 6.63. The van der Waals surface area contributed by atoms with E-state index < -0.39 is 0 Å². The number of carbonyl (C=O) groups excluding carboxylic acids is 1. The molecule has 1 aliphatic carbocycles. The molecule has 6 heteroatoms. The summed E-state index contributed by atoms with van der Waals surface area (Å²) < 4.78 is 11.4. The molecule has 1 amide bonds. The van der Waals surface area contributed by atoms with Gasteiger partial charge in [-0.3, -0.25) is 4.79 Å². The summed E-state index contributed by atoms with van der Waals surface area (Å²) in [5.74, 6) is 1.05. The Morgan fingerprint density at radius 3 is 2.50 bits per heavy atom. The summed E-state index contributed by atoms with van der Waals surface area (Å²) in [6.07, 6.45) is 5.15. The van der Waals surface area contributed by atoms with Crippen LogP contribution in [-0.2, 0) is 4.79 Å². The molecule has 1 aromatic carbocycles. The smallest absolute Gasteiger partial charge is 0.415 e. The fourth-order valence-electron chi connectivity index (χ4n) is 3.20. The van der Waals surface area contributed by atoms with Crippen molar-refractivity contribution >= 4 is 5.91 Å². The molecule has 0 bridgehead atoms. The third kappa shape index (κ3) is 3.13. The van der Waals surface area contributed by atoms with Gasteiger partial charge >= 0.3 is 6.08 Å². The van der Waals surface area contributed by atoms with Crippen molar-refractivity contribution in [3.05, 3.63) is 30.3 Å².